The zero-order valence-corrected chi connectivity index (χ0v) is 9.69. The quantitative estimate of drug-likeness (QED) is 0.374. The summed E-state index contributed by atoms with van der Waals surface area (Å²) in [5.74, 6) is -3.06. The first kappa shape index (κ1) is 19.0. The Morgan fingerprint density at radius 1 is 1.18 bits per heavy atom. The van der Waals surface area contributed by atoms with Crippen LogP contribution in [0.25, 0.3) is 0 Å². The van der Waals surface area contributed by atoms with Gasteiger partial charge < -0.3 is 10.2 Å². The van der Waals surface area contributed by atoms with Crippen LogP contribution in [0.4, 0.5) is 0 Å². The Morgan fingerprint density at radius 2 is 1.82 bits per heavy atom. The summed E-state index contributed by atoms with van der Waals surface area (Å²) in [6.07, 6.45) is 8.26. The third kappa shape index (κ3) is 11.9. The molecule has 0 aliphatic heterocycles. The van der Waals surface area contributed by atoms with Gasteiger partial charge >= 0.3 is 41.5 Å². The second-order valence-electron chi connectivity index (χ2n) is 3.82. The van der Waals surface area contributed by atoms with Gasteiger partial charge in [-0.1, -0.05) is 38.3 Å². The van der Waals surface area contributed by atoms with Gasteiger partial charge in [0.25, 0.3) is 0 Å². The number of carboxylic acid groups (broad SMARTS) is 2. The fourth-order valence-corrected chi connectivity index (χ4v) is 1.38. The molecule has 1 unspecified atom stereocenters. The fraction of sp³-hybridized carbons (Fsp3) is 0.667. The Kier molecular flexibility index (Phi) is 13.6. The molecule has 0 saturated heterocycles. The molecule has 17 heavy (non-hydrogen) atoms. The third-order valence-corrected chi connectivity index (χ3v) is 2.30. The first-order valence-electron chi connectivity index (χ1n) is 5.69. The van der Waals surface area contributed by atoms with Crippen molar-refractivity contribution in [2.45, 2.75) is 45.4 Å². The van der Waals surface area contributed by atoms with E-state index in [0.29, 0.717) is 0 Å². The number of hydrogen-bond donors (Lipinski definition) is 2. The van der Waals surface area contributed by atoms with Crippen LogP contribution in [0.1, 0.15) is 45.4 Å². The summed E-state index contributed by atoms with van der Waals surface area (Å²) in [7, 11) is 0. The molecule has 0 radical (unpaired) electrons. The van der Waals surface area contributed by atoms with E-state index >= 15 is 0 Å². The molecule has 5 heteroatoms. The predicted octanol–water partition coefficient (Wildman–Crippen LogP) is 2.04. The Balaban J connectivity index is 0. The molecule has 0 heterocycles. The second kappa shape index (κ2) is 12.1. The first-order valence-corrected chi connectivity index (χ1v) is 5.69. The maximum atomic E-state index is 10.7. The summed E-state index contributed by atoms with van der Waals surface area (Å²) < 4.78 is 0. The summed E-state index contributed by atoms with van der Waals surface area (Å²) >= 11 is 0. The molecular formula is C12H21NaO4. The van der Waals surface area contributed by atoms with E-state index in [9.17, 15) is 9.59 Å². The molecule has 1 atom stereocenters. The molecule has 0 amide bonds. The number of hydrogen-bond acceptors (Lipinski definition) is 2. The Labute approximate surface area is 124 Å². The Morgan fingerprint density at radius 3 is 2.29 bits per heavy atom. The number of aliphatic carboxylic acids is 2. The summed E-state index contributed by atoms with van der Waals surface area (Å²) in [6.45, 7) is 2.13. The molecule has 0 saturated carbocycles. The summed E-state index contributed by atoms with van der Waals surface area (Å²) in [5.41, 5.74) is 0. The van der Waals surface area contributed by atoms with Gasteiger partial charge in [-0.2, -0.15) is 0 Å². The van der Waals surface area contributed by atoms with E-state index in [-0.39, 0.29) is 36.0 Å². The van der Waals surface area contributed by atoms with Crippen molar-refractivity contribution in [3.8, 4) is 0 Å². The number of carbonyl (C=O) groups is 2. The molecule has 0 aromatic rings. The molecule has 0 fully saturated rings. The third-order valence-electron chi connectivity index (χ3n) is 2.30. The van der Waals surface area contributed by atoms with E-state index in [4.69, 9.17) is 10.2 Å². The molecule has 2 N–H and O–H groups in total. The van der Waals surface area contributed by atoms with Gasteiger partial charge in [-0.3, -0.25) is 9.59 Å². The Hall–Kier alpha value is -0.320. The fourth-order valence-electron chi connectivity index (χ4n) is 1.38. The first-order chi connectivity index (χ1) is 7.57. The normalized spacial score (nSPS) is 12.1. The van der Waals surface area contributed by atoms with Crippen molar-refractivity contribution < 1.29 is 19.8 Å². The van der Waals surface area contributed by atoms with Gasteiger partial charge in [-0.05, 0) is 12.8 Å². The molecule has 0 aliphatic carbocycles. The van der Waals surface area contributed by atoms with Crippen LogP contribution < -0.4 is 0 Å². The van der Waals surface area contributed by atoms with Crippen LogP contribution in [-0.4, -0.2) is 51.7 Å². The second-order valence-corrected chi connectivity index (χ2v) is 3.82. The van der Waals surface area contributed by atoms with Crippen LogP contribution in [-0.2, 0) is 9.59 Å². The number of rotatable bonds is 9. The van der Waals surface area contributed by atoms with Gasteiger partial charge in [0.2, 0.25) is 0 Å². The van der Waals surface area contributed by atoms with Crippen LogP contribution in [0, 0.1) is 5.92 Å². The SMILES string of the molecule is CCCCCCC=CC(CC(=O)O)C(=O)O.[NaH]. The van der Waals surface area contributed by atoms with Crippen molar-refractivity contribution in [2.75, 3.05) is 0 Å². The monoisotopic (exact) mass is 252 g/mol. The molecule has 0 bridgehead atoms. The summed E-state index contributed by atoms with van der Waals surface area (Å²) in [4.78, 5) is 21.1. The number of carboxylic acids is 2. The molecule has 0 rings (SSSR count). The average molecular weight is 252 g/mol. The van der Waals surface area contributed by atoms with Crippen LogP contribution in [0.3, 0.4) is 0 Å². The molecule has 0 aliphatic rings. The standard InChI is InChI=1S/C12H20O4.Na.H/c1-2-3-4-5-6-7-8-10(12(15)16)9-11(13)14;;/h7-8,10H,2-6,9H2,1H3,(H,13,14)(H,15,16);;. The van der Waals surface area contributed by atoms with Gasteiger partial charge in [0.05, 0.1) is 12.3 Å². The molecule has 0 spiro atoms. The van der Waals surface area contributed by atoms with E-state index in [1.165, 1.54) is 18.9 Å². The summed E-state index contributed by atoms with van der Waals surface area (Å²) in [6, 6.07) is 0. The van der Waals surface area contributed by atoms with Crippen LogP contribution in [0.15, 0.2) is 12.2 Å². The topological polar surface area (TPSA) is 74.6 Å². The van der Waals surface area contributed by atoms with Crippen LogP contribution in [0.2, 0.25) is 0 Å². The minimum atomic E-state index is -1.08. The van der Waals surface area contributed by atoms with E-state index in [1.807, 2.05) is 0 Å². The Bertz CT molecular complexity index is 251. The van der Waals surface area contributed by atoms with E-state index < -0.39 is 17.9 Å². The zero-order chi connectivity index (χ0) is 12.4. The van der Waals surface area contributed by atoms with E-state index in [1.54, 1.807) is 6.08 Å². The number of unbranched alkanes of at least 4 members (excludes halogenated alkanes) is 4. The predicted molar refractivity (Wildman–Crippen MR) is 68.4 cm³/mol. The maximum absolute atomic E-state index is 10.7. The van der Waals surface area contributed by atoms with E-state index in [2.05, 4.69) is 6.92 Å². The molecule has 4 nitrogen and oxygen atoms in total. The van der Waals surface area contributed by atoms with Crippen molar-refractivity contribution in [3.05, 3.63) is 12.2 Å². The van der Waals surface area contributed by atoms with Crippen molar-refractivity contribution in [1.29, 1.82) is 0 Å². The van der Waals surface area contributed by atoms with Gasteiger partial charge in [0, 0.05) is 0 Å². The van der Waals surface area contributed by atoms with Crippen LogP contribution >= 0.6 is 0 Å². The van der Waals surface area contributed by atoms with Crippen molar-refractivity contribution in [2.24, 2.45) is 5.92 Å². The molecule has 0 aromatic heterocycles. The van der Waals surface area contributed by atoms with Gasteiger partial charge in [0.15, 0.2) is 0 Å². The summed E-state index contributed by atoms with van der Waals surface area (Å²) in [5, 5.41) is 17.3. The molecule has 94 valence electrons. The average Bonchev–Trinajstić information content (AvgIpc) is 2.20. The van der Waals surface area contributed by atoms with Crippen molar-refractivity contribution in [3.63, 3.8) is 0 Å². The van der Waals surface area contributed by atoms with Gasteiger partial charge in [-0.25, -0.2) is 0 Å². The number of allylic oxidation sites excluding steroid dienone is 1. The van der Waals surface area contributed by atoms with Crippen LogP contribution in [0.5, 0.6) is 0 Å². The zero-order valence-electron chi connectivity index (χ0n) is 9.69. The molecular weight excluding hydrogens is 231 g/mol. The van der Waals surface area contributed by atoms with Gasteiger partial charge in [0.1, 0.15) is 0 Å². The van der Waals surface area contributed by atoms with Crippen molar-refractivity contribution in [1.82, 2.24) is 0 Å². The molecule has 0 aromatic carbocycles. The van der Waals surface area contributed by atoms with Crippen molar-refractivity contribution >= 4 is 41.5 Å². The minimum absolute atomic E-state index is 0. The van der Waals surface area contributed by atoms with Gasteiger partial charge in [-0.15, -0.1) is 0 Å². The van der Waals surface area contributed by atoms with E-state index in [0.717, 1.165) is 19.3 Å².